The van der Waals surface area contributed by atoms with Crippen molar-refractivity contribution in [3.8, 4) is 0 Å². The number of nitrogens with zero attached hydrogens (tertiary/aromatic N) is 1. The third-order valence-electron chi connectivity index (χ3n) is 9.18. The second-order valence-corrected chi connectivity index (χ2v) is 13.5. The van der Waals surface area contributed by atoms with Gasteiger partial charge in [0, 0.05) is 43.6 Å². The molecule has 2 aromatic carbocycles. The minimum Gasteiger partial charge on any atom is -0.369 e. The molecule has 0 spiro atoms. The predicted octanol–water partition coefficient (Wildman–Crippen LogP) is 0.947. The van der Waals surface area contributed by atoms with E-state index < -0.39 is 72.8 Å². The van der Waals surface area contributed by atoms with Crippen LogP contribution in [-0.2, 0) is 41.7 Å². The molecule has 10 N–H and O–H groups in total. The van der Waals surface area contributed by atoms with Gasteiger partial charge in [-0.15, -0.1) is 0 Å². The van der Waals surface area contributed by atoms with Gasteiger partial charge in [-0.3, -0.25) is 33.7 Å². The maximum absolute atomic E-state index is 13.6. The summed E-state index contributed by atoms with van der Waals surface area (Å²) in [5.41, 5.74) is 12.4. The average Bonchev–Trinajstić information content (AvgIpc) is 3.15. The zero-order chi connectivity index (χ0) is 41.1. The Morgan fingerprint density at radius 2 is 1.59 bits per heavy atom. The highest BCUT2D eigenvalue weighted by Crippen LogP contribution is 2.34. The van der Waals surface area contributed by atoms with Gasteiger partial charge in [0.05, 0.1) is 6.54 Å². The zero-order valence-corrected chi connectivity index (χ0v) is 30.9. The predicted molar refractivity (Wildman–Crippen MR) is 199 cm³/mol. The number of likely N-dealkylation sites (tertiary alicyclic amines) is 1. The number of halogens is 3. The van der Waals surface area contributed by atoms with E-state index in [1.54, 1.807) is 24.3 Å². The number of anilines is 1. The quantitative estimate of drug-likeness (QED) is 0.0629. The number of piperidine rings is 1. The molecule has 19 heteroatoms. The van der Waals surface area contributed by atoms with Gasteiger partial charge in [-0.05, 0) is 74.9 Å². The van der Waals surface area contributed by atoms with Crippen LogP contribution in [0.4, 0.5) is 23.7 Å². The first-order chi connectivity index (χ1) is 26.6. The summed E-state index contributed by atoms with van der Waals surface area (Å²) in [5.74, 6) is -3.79. The van der Waals surface area contributed by atoms with Crippen molar-refractivity contribution in [1.29, 1.82) is 0 Å². The zero-order valence-electron chi connectivity index (χ0n) is 30.9. The monoisotopic (exact) mass is 789 g/mol. The maximum atomic E-state index is 13.6. The number of nitrogens with one attached hydrogen (secondary N) is 6. The number of hydrogen-bond donors (Lipinski definition) is 8. The topological polar surface area (TPSA) is 247 Å². The van der Waals surface area contributed by atoms with E-state index in [2.05, 4.69) is 31.9 Å². The summed E-state index contributed by atoms with van der Waals surface area (Å²) >= 11 is 0. The van der Waals surface area contributed by atoms with E-state index in [1.807, 2.05) is 30.3 Å². The van der Waals surface area contributed by atoms with Crippen molar-refractivity contribution in [3.63, 3.8) is 0 Å². The van der Waals surface area contributed by atoms with E-state index in [9.17, 15) is 46.7 Å². The van der Waals surface area contributed by atoms with Gasteiger partial charge < -0.3 is 43.4 Å². The lowest BCUT2D eigenvalue weighted by atomic mass is 9.89. The first-order valence-corrected chi connectivity index (χ1v) is 18.2. The van der Waals surface area contributed by atoms with Gasteiger partial charge in [0.2, 0.25) is 35.9 Å². The van der Waals surface area contributed by atoms with Crippen LogP contribution in [0.15, 0.2) is 54.6 Å². The lowest BCUT2D eigenvalue weighted by Gasteiger charge is -2.39. The van der Waals surface area contributed by atoms with Crippen LogP contribution in [0.5, 0.6) is 0 Å². The fourth-order valence-corrected chi connectivity index (χ4v) is 6.24. The van der Waals surface area contributed by atoms with Crippen LogP contribution >= 0.6 is 0 Å². The van der Waals surface area contributed by atoms with Crippen LogP contribution in [0, 0.1) is 5.92 Å². The first kappa shape index (κ1) is 44.7. The highest BCUT2D eigenvalue weighted by Gasteiger charge is 2.47. The van der Waals surface area contributed by atoms with Crippen molar-refractivity contribution in [3.05, 3.63) is 65.7 Å². The molecule has 56 heavy (non-hydrogen) atoms. The second kappa shape index (κ2) is 22.6. The molecule has 1 aliphatic heterocycles. The van der Waals surface area contributed by atoms with Crippen molar-refractivity contribution in [2.75, 3.05) is 31.5 Å². The molecule has 1 heterocycles. The number of alkyl halides is 3. The van der Waals surface area contributed by atoms with E-state index in [-0.39, 0.29) is 70.6 Å². The molecule has 1 aliphatic rings. The Morgan fingerprint density at radius 1 is 0.875 bits per heavy atom. The smallest absolute Gasteiger partial charge is 0.369 e. The van der Waals surface area contributed by atoms with E-state index in [1.165, 1.54) is 4.90 Å². The fraction of sp³-hybridized carbons (Fsp3) is 0.486. The molecule has 8 amide bonds. The Labute approximate surface area is 322 Å². The second-order valence-electron chi connectivity index (χ2n) is 13.5. The van der Waals surface area contributed by atoms with Crippen LogP contribution in [0.1, 0.15) is 56.1 Å². The molecule has 0 aromatic heterocycles. The van der Waals surface area contributed by atoms with E-state index in [0.29, 0.717) is 18.5 Å². The van der Waals surface area contributed by atoms with E-state index in [0.717, 1.165) is 11.1 Å². The Morgan fingerprint density at radius 3 is 2.23 bits per heavy atom. The summed E-state index contributed by atoms with van der Waals surface area (Å²) in [6.07, 6.45) is -3.45. The summed E-state index contributed by atoms with van der Waals surface area (Å²) in [5, 5.41) is 15.6. The van der Waals surface area contributed by atoms with Crippen LogP contribution < -0.4 is 43.4 Å². The SMILES string of the molecule is NC(=O)NCCCC(NC(=O)CNC(=O)CCCN1CCC(C(N)=O)CC1C(F)(F)F)C(=O)Nc1ccc(CNC(=O)CC(Cc2ccccc2)NC=O)cc1. The Kier molecular flexibility index (Phi) is 18.0. The van der Waals surface area contributed by atoms with Crippen LogP contribution in [0.3, 0.4) is 0 Å². The molecule has 0 saturated carbocycles. The highest BCUT2D eigenvalue weighted by molar-refractivity contribution is 5.97. The van der Waals surface area contributed by atoms with Gasteiger partial charge in [-0.2, -0.15) is 13.2 Å². The molecule has 1 fully saturated rings. The normalized spacial score (nSPS) is 16.7. The molecule has 4 unspecified atom stereocenters. The number of carbonyl (C=O) groups is 7. The van der Waals surface area contributed by atoms with Crippen molar-refractivity contribution >= 4 is 47.7 Å². The maximum Gasteiger partial charge on any atom is 0.404 e. The van der Waals surface area contributed by atoms with Gasteiger partial charge in [0.15, 0.2) is 0 Å². The number of carbonyl (C=O) groups excluding carboxylic acids is 7. The van der Waals surface area contributed by atoms with E-state index in [4.69, 9.17) is 11.5 Å². The first-order valence-electron chi connectivity index (χ1n) is 18.2. The molecule has 0 aliphatic carbocycles. The Bertz CT molecular complexity index is 1630. The van der Waals surface area contributed by atoms with Crippen LogP contribution in [0.2, 0.25) is 0 Å². The van der Waals surface area contributed by atoms with Crippen LogP contribution in [-0.4, -0.2) is 97.4 Å². The molecule has 4 atom stereocenters. The van der Waals surface area contributed by atoms with Gasteiger partial charge in [-0.25, -0.2) is 4.79 Å². The molecule has 3 rings (SSSR count). The molecule has 0 radical (unpaired) electrons. The summed E-state index contributed by atoms with van der Waals surface area (Å²) < 4.78 is 40.8. The van der Waals surface area contributed by atoms with Gasteiger partial charge in [-0.1, -0.05) is 42.5 Å². The third kappa shape index (κ3) is 16.3. The lowest BCUT2D eigenvalue weighted by molar-refractivity contribution is -0.195. The van der Waals surface area contributed by atoms with Crippen LogP contribution in [0.25, 0.3) is 0 Å². The van der Waals surface area contributed by atoms with Gasteiger partial charge in [0.25, 0.3) is 0 Å². The molecule has 0 bridgehead atoms. The largest absolute Gasteiger partial charge is 0.404 e. The summed E-state index contributed by atoms with van der Waals surface area (Å²) in [4.78, 5) is 85.8. The van der Waals surface area contributed by atoms with Crippen molar-refractivity contribution < 1.29 is 46.7 Å². The summed E-state index contributed by atoms with van der Waals surface area (Å²) in [7, 11) is 0. The van der Waals surface area contributed by atoms with Gasteiger partial charge >= 0.3 is 12.2 Å². The molecule has 306 valence electrons. The Hall–Kier alpha value is -5.72. The fourth-order valence-electron chi connectivity index (χ4n) is 6.24. The van der Waals surface area contributed by atoms with Crippen molar-refractivity contribution in [2.24, 2.45) is 17.4 Å². The number of benzene rings is 2. The highest BCUT2D eigenvalue weighted by atomic mass is 19.4. The number of hydrogen-bond acceptors (Lipinski definition) is 8. The number of urea groups is 1. The summed E-state index contributed by atoms with van der Waals surface area (Å²) in [6.45, 7) is -0.244. The van der Waals surface area contributed by atoms with Gasteiger partial charge in [0.1, 0.15) is 12.1 Å². The number of rotatable bonds is 22. The number of primary amides is 2. The Balaban J connectivity index is 1.47. The molecule has 2 aromatic rings. The average molecular weight is 790 g/mol. The van der Waals surface area contributed by atoms with Crippen molar-refractivity contribution in [1.82, 2.24) is 31.5 Å². The molecule has 1 saturated heterocycles. The standard InChI is InChI=1S/C37H50F3N9O7/c38-37(39,40)30-19-26(34(41)54)14-17-49(30)16-5-9-31(51)45-22-33(53)48-29(8-4-15-43-36(42)56)35(55)47-27-12-10-25(11-13-27)21-44-32(52)20-28(46-23-50)18-24-6-2-1-3-7-24/h1-3,6-7,10-13,23,26,28-30H,4-5,8-9,14-22H2,(H2,41,54)(H,44,52)(H,45,51)(H,46,50)(H,47,55)(H,48,53)(H3,42,43,56). The van der Waals surface area contributed by atoms with Crippen molar-refractivity contribution in [2.45, 2.75) is 82.2 Å². The molecule has 16 nitrogen and oxygen atoms in total. The minimum atomic E-state index is -4.57. The number of amides is 8. The van der Waals surface area contributed by atoms with E-state index >= 15 is 0 Å². The third-order valence-corrected chi connectivity index (χ3v) is 9.18. The lowest BCUT2D eigenvalue weighted by Crippen LogP contribution is -2.52. The molecular formula is C37H50F3N9O7. The minimum absolute atomic E-state index is 0.00118. The summed E-state index contributed by atoms with van der Waals surface area (Å²) in [6, 6.07) is 11.9. The molecular weight excluding hydrogens is 739 g/mol. The number of nitrogens with two attached hydrogens (primary N) is 2.